The van der Waals surface area contributed by atoms with Crippen molar-refractivity contribution in [2.24, 2.45) is 0 Å². The van der Waals surface area contributed by atoms with Crippen molar-refractivity contribution in [2.75, 3.05) is 179 Å². The fourth-order valence-electron chi connectivity index (χ4n) is 13.8. The molecule has 0 aromatic rings. The molecule has 36 nitrogen and oxygen atoms in total. The highest BCUT2D eigenvalue weighted by molar-refractivity contribution is 5.88. The molecule has 36 heteroatoms. The van der Waals surface area contributed by atoms with Gasteiger partial charge in [0.05, 0.1) is 106 Å². The number of likely N-dealkylation sites (tertiary alicyclic amines) is 9. The van der Waals surface area contributed by atoms with Gasteiger partial charge >= 0.3 is 23.8 Å². The number of aliphatic hydroxyl groups is 7. The number of rotatable bonds is 29. The van der Waals surface area contributed by atoms with Crippen LogP contribution in [0.2, 0.25) is 0 Å². The van der Waals surface area contributed by atoms with E-state index in [2.05, 4.69) is 0 Å². The number of aliphatic hydroxyl groups excluding tert-OH is 4. The summed E-state index contributed by atoms with van der Waals surface area (Å²) < 4.78 is 66.5. The summed E-state index contributed by atoms with van der Waals surface area (Å²) in [6.45, 7) is 5.08. The van der Waals surface area contributed by atoms with E-state index < -0.39 is 156 Å². The van der Waals surface area contributed by atoms with Crippen molar-refractivity contribution in [1.29, 1.82) is 0 Å². The number of likely N-dealkylation sites (N-methyl/N-ethyl adjacent to an activating group) is 1. The Balaban J connectivity index is 1.19. The van der Waals surface area contributed by atoms with Gasteiger partial charge in [0.25, 0.3) is 29.3 Å². The summed E-state index contributed by atoms with van der Waals surface area (Å²) in [4.78, 5) is 120. The van der Waals surface area contributed by atoms with E-state index in [0.29, 0.717) is 0 Å². The number of amides is 9. The summed E-state index contributed by atoms with van der Waals surface area (Å²) in [6.07, 6.45) is -15.5. The fraction of sp³-hybridized carbons (Fsp3) is 0.885. The van der Waals surface area contributed by atoms with Crippen molar-refractivity contribution in [3.8, 4) is 0 Å². The maximum Gasteiger partial charge on any atom is 0.320 e. The zero-order chi connectivity index (χ0) is 70.2. The number of urea groups is 2. The second-order valence-electron chi connectivity index (χ2n) is 29.0. The molecule has 10 heterocycles. The summed E-state index contributed by atoms with van der Waals surface area (Å²) in [5, 5.41) is 81.2. The highest BCUT2D eigenvalue weighted by Crippen LogP contribution is 2.62. The van der Waals surface area contributed by atoms with Crippen molar-refractivity contribution in [1.82, 2.24) is 59.0 Å². The first-order valence-corrected chi connectivity index (χ1v) is 33.6. The number of hydrogen-bond donors (Lipinski definition) is 7. The number of ether oxygens (including phenoxy) is 9. The minimum absolute atomic E-state index is 0.0366. The quantitative estimate of drug-likeness (QED) is 0.0342. The van der Waals surface area contributed by atoms with Gasteiger partial charge < -0.3 is 122 Å². The number of hydrogen-bond acceptors (Lipinski definition) is 27. The minimum Gasteiger partial charge on any atom is -0.395 e. The molecule has 11 fully saturated rings. The number of β-amino-alcohol motifs (C(OH)–C–C–N with tert-alkyl or cyclic N) is 2. The van der Waals surface area contributed by atoms with Gasteiger partial charge in [-0.1, -0.05) is 5.06 Å². The van der Waals surface area contributed by atoms with E-state index in [1.165, 1.54) is 72.1 Å². The lowest BCUT2D eigenvalue weighted by Gasteiger charge is -2.71. The van der Waals surface area contributed by atoms with Crippen LogP contribution in [0.3, 0.4) is 0 Å². The Bertz CT molecular complexity index is 2860. The van der Waals surface area contributed by atoms with Crippen LogP contribution in [0.25, 0.3) is 0 Å². The Morgan fingerprint density at radius 2 is 1.03 bits per heavy atom. The SMILES string of the molecule is COC(C)C(=O)N1CC(OC2(OC3CN(C(C)=O)C3)N(OC3CN(C(=O)C(C)O)C3)C(OC3CN(CC(C)(C)O)C3)C(OC3CN(CC(C)O)C3)(OC3CN(C(=O)N(C)CCO)C3)C(O)(OC3CN(C(=O)N(C)C)C3)C2(OC2CN(C(=O)CO)C2)OC2CN(C(=O)C3(O)CC3)C2)C1. The molecule has 0 bridgehead atoms. The Hall–Kier alpha value is -4.91. The van der Waals surface area contributed by atoms with E-state index in [9.17, 15) is 64.2 Å². The maximum atomic E-state index is 16.0. The number of hydroxylamine groups is 2. The average Bonchev–Trinajstić information content (AvgIpc) is 0.799. The van der Waals surface area contributed by atoms with Gasteiger partial charge in [0, 0.05) is 133 Å². The molecule has 10 saturated heterocycles. The van der Waals surface area contributed by atoms with Crippen LogP contribution in [0, 0.1) is 0 Å². The van der Waals surface area contributed by atoms with Gasteiger partial charge in [0.2, 0.25) is 11.8 Å². The molecule has 1 aliphatic carbocycles. The monoisotopic (exact) mass is 1380 g/mol. The third-order valence-electron chi connectivity index (χ3n) is 19.7. The Labute approximate surface area is 562 Å². The topological polar surface area (TPSA) is 392 Å². The van der Waals surface area contributed by atoms with Gasteiger partial charge in [-0.05, 0) is 47.5 Å². The molecule has 9 amide bonds. The third-order valence-corrected chi connectivity index (χ3v) is 19.7. The van der Waals surface area contributed by atoms with Crippen LogP contribution in [-0.2, 0) is 71.4 Å². The van der Waals surface area contributed by atoms with Crippen LogP contribution in [0.15, 0.2) is 0 Å². The van der Waals surface area contributed by atoms with Crippen LogP contribution in [0.5, 0.6) is 0 Å². The van der Waals surface area contributed by atoms with Crippen LogP contribution in [0.4, 0.5) is 9.59 Å². The molecule has 0 aromatic heterocycles. The first-order chi connectivity index (χ1) is 45.6. The zero-order valence-electron chi connectivity index (χ0n) is 57.1. The van der Waals surface area contributed by atoms with Crippen LogP contribution < -0.4 is 0 Å². The van der Waals surface area contributed by atoms with Crippen molar-refractivity contribution in [3.63, 3.8) is 0 Å². The molecule has 8 atom stereocenters. The lowest BCUT2D eigenvalue weighted by molar-refractivity contribution is -0.661. The van der Waals surface area contributed by atoms with E-state index >= 15 is 5.11 Å². The molecule has 0 spiro atoms. The fourth-order valence-corrected chi connectivity index (χ4v) is 13.8. The largest absolute Gasteiger partial charge is 0.395 e. The number of nitrogens with zero attached hydrogens (tertiary/aromatic N) is 12. The molecule has 11 rings (SSSR count). The average molecular weight is 1390 g/mol. The van der Waals surface area contributed by atoms with E-state index in [-0.39, 0.29) is 163 Å². The second kappa shape index (κ2) is 28.1. The molecular weight excluding hydrogens is 1280 g/mol. The second-order valence-corrected chi connectivity index (χ2v) is 29.0. The Morgan fingerprint density at radius 1 is 0.567 bits per heavy atom. The highest BCUT2D eigenvalue weighted by Gasteiger charge is 2.91. The molecule has 1 saturated carbocycles. The first kappa shape index (κ1) is 73.3. The minimum atomic E-state index is -3.55. The van der Waals surface area contributed by atoms with Crippen molar-refractivity contribution in [2.45, 2.75) is 168 Å². The Kier molecular flexibility index (Phi) is 21.3. The molecule has 10 aliphatic heterocycles. The third kappa shape index (κ3) is 14.4. The molecule has 7 N–H and O–H groups in total. The number of carbonyl (C=O) groups excluding carboxylic acids is 7. The maximum absolute atomic E-state index is 16.0. The normalized spacial score (nSPS) is 30.6. The lowest BCUT2D eigenvalue weighted by atomic mass is 9.82. The molecule has 11 aliphatic rings. The number of carbonyl (C=O) groups is 7. The summed E-state index contributed by atoms with van der Waals surface area (Å²) in [7, 11) is 5.99. The zero-order valence-corrected chi connectivity index (χ0v) is 57.1. The van der Waals surface area contributed by atoms with E-state index in [4.69, 9.17) is 47.5 Å². The molecule has 0 aromatic carbocycles. The van der Waals surface area contributed by atoms with Crippen molar-refractivity contribution >= 4 is 41.6 Å². The van der Waals surface area contributed by atoms with Crippen molar-refractivity contribution < 1.29 is 117 Å². The summed E-state index contributed by atoms with van der Waals surface area (Å²) in [6, 6.07) is -0.947. The molecule has 8 unspecified atom stereocenters. The van der Waals surface area contributed by atoms with Crippen LogP contribution in [-0.4, -0.2) is 429 Å². The summed E-state index contributed by atoms with van der Waals surface area (Å²) in [5.74, 6) is -15.8. The predicted molar refractivity (Wildman–Crippen MR) is 329 cm³/mol. The highest BCUT2D eigenvalue weighted by atomic mass is 16.9. The smallest absolute Gasteiger partial charge is 0.320 e. The van der Waals surface area contributed by atoms with Gasteiger partial charge in [-0.25, -0.2) is 9.59 Å². The number of methoxy groups -OCH3 is 1. The molecule has 97 heavy (non-hydrogen) atoms. The van der Waals surface area contributed by atoms with Crippen molar-refractivity contribution in [3.05, 3.63) is 0 Å². The molecular formula is C61H100N12O24. The summed E-state index contributed by atoms with van der Waals surface area (Å²) in [5.41, 5.74) is -2.88. The molecule has 548 valence electrons. The number of piperidine rings is 1. The van der Waals surface area contributed by atoms with E-state index in [0.717, 1.165) is 5.06 Å². The van der Waals surface area contributed by atoms with Crippen LogP contribution >= 0.6 is 0 Å². The van der Waals surface area contributed by atoms with Gasteiger partial charge in [0.15, 0.2) is 6.23 Å². The Morgan fingerprint density at radius 3 is 1.53 bits per heavy atom. The van der Waals surface area contributed by atoms with Gasteiger partial charge in [-0.2, -0.15) is 0 Å². The lowest BCUT2D eigenvalue weighted by Crippen LogP contribution is -2.96. The van der Waals surface area contributed by atoms with Crippen LogP contribution in [0.1, 0.15) is 54.4 Å². The first-order valence-electron chi connectivity index (χ1n) is 33.6. The van der Waals surface area contributed by atoms with Gasteiger partial charge in [-0.15, -0.1) is 0 Å². The van der Waals surface area contributed by atoms with E-state index in [1.807, 2.05) is 9.80 Å². The van der Waals surface area contributed by atoms with Gasteiger partial charge in [-0.3, -0.25) is 38.6 Å². The summed E-state index contributed by atoms with van der Waals surface area (Å²) >= 11 is 0. The molecule has 0 radical (unpaired) electrons. The van der Waals surface area contributed by atoms with E-state index in [1.54, 1.807) is 41.8 Å². The standard InChI is InChI=1S/C61H100N12O24/c1-36(76)15-64-18-41(19-64)90-58(91-42-28-72(29-42)55(84)63(9)13-14-74)53(89-40-16-65(17-40)35-56(5,6)85)73(97-48-32-68(33-48)50(80)37(2)77)61(95-46-20-66(21-46)39(4)78,96-47-24-69(25-47)51(81)38(3)88-10)60(93-44-22-67(23-44)49(79)34-75,94-45-26-70(27-45)52(82)57(86)11-12-57)59(58,87)92-43-30-71(31-43)54(83)62(7)8/h36-38,40-48,53,74-77,85-87H,11-35H2,1-10H3. The van der Waals surface area contributed by atoms with Gasteiger partial charge in [0.1, 0.15) is 30.5 Å². The predicted octanol–water partition coefficient (Wildman–Crippen LogP) is -6.95.